The van der Waals surface area contributed by atoms with Gasteiger partial charge in [-0.1, -0.05) is 0 Å². The molecule has 1 heterocycles. The van der Waals surface area contributed by atoms with Crippen molar-refractivity contribution in [2.45, 2.75) is 19.9 Å². The molecule has 1 atom stereocenters. The summed E-state index contributed by atoms with van der Waals surface area (Å²) in [5.74, 6) is -1.72. The number of aliphatic carboxylic acids is 1. The van der Waals surface area contributed by atoms with Gasteiger partial charge in [-0.05, 0) is 19.9 Å². The number of carbonyl (C=O) groups excluding carboxylic acids is 1. The molecule has 5 nitrogen and oxygen atoms in total. The number of aliphatic hydroxyl groups excluding tert-OH is 1. The van der Waals surface area contributed by atoms with Gasteiger partial charge in [-0.25, -0.2) is 4.79 Å². The molecule has 0 fully saturated rings. The second kappa shape index (κ2) is 5.09. The minimum atomic E-state index is -1.26. The Hall–Kier alpha value is -1.40. The molecule has 1 unspecified atom stereocenters. The molecule has 1 rings (SSSR count). The Balaban J connectivity index is 2.79. The zero-order valence-electron chi connectivity index (χ0n) is 8.98. The Bertz CT molecular complexity index is 413. The van der Waals surface area contributed by atoms with E-state index >= 15 is 0 Å². The number of thiophene rings is 1. The summed E-state index contributed by atoms with van der Waals surface area (Å²) in [6.07, 6.45) is 0. The van der Waals surface area contributed by atoms with Crippen LogP contribution in [0.5, 0.6) is 0 Å². The average Bonchev–Trinajstić information content (AvgIpc) is 2.53. The summed E-state index contributed by atoms with van der Waals surface area (Å²) in [5, 5.41) is 19.7. The van der Waals surface area contributed by atoms with Gasteiger partial charge in [0.05, 0.1) is 12.2 Å². The van der Waals surface area contributed by atoms with E-state index < -0.39 is 24.5 Å². The van der Waals surface area contributed by atoms with Gasteiger partial charge in [0.25, 0.3) is 5.91 Å². The predicted molar refractivity (Wildman–Crippen MR) is 59.8 cm³/mol. The van der Waals surface area contributed by atoms with Crippen molar-refractivity contribution in [1.82, 2.24) is 5.32 Å². The highest BCUT2D eigenvalue weighted by molar-refractivity contribution is 7.12. The van der Waals surface area contributed by atoms with Crippen LogP contribution in [-0.2, 0) is 4.79 Å². The zero-order valence-corrected chi connectivity index (χ0v) is 9.80. The maximum absolute atomic E-state index is 11.7. The Morgan fingerprint density at radius 2 is 2.12 bits per heavy atom. The molecule has 16 heavy (non-hydrogen) atoms. The van der Waals surface area contributed by atoms with Crippen LogP contribution in [0.3, 0.4) is 0 Å². The summed E-state index contributed by atoms with van der Waals surface area (Å²) in [7, 11) is 0. The Morgan fingerprint density at radius 3 is 2.50 bits per heavy atom. The van der Waals surface area contributed by atoms with E-state index in [2.05, 4.69) is 5.32 Å². The highest BCUT2D eigenvalue weighted by Crippen LogP contribution is 2.20. The number of nitrogens with one attached hydrogen (secondary N) is 1. The third kappa shape index (κ3) is 2.80. The van der Waals surface area contributed by atoms with E-state index in [0.717, 1.165) is 9.75 Å². The SMILES string of the molecule is Cc1cc(C(=O)NC(CO)C(=O)O)c(C)s1. The molecule has 3 N–H and O–H groups in total. The van der Waals surface area contributed by atoms with Crippen LogP contribution < -0.4 is 5.32 Å². The van der Waals surface area contributed by atoms with Crippen molar-refractivity contribution >= 4 is 23.2 Å². The first-order valence-electron chi connectivity index (χ1n) is 4.67. The van der Waals surface area contributed by atoms with Crippen LogP contribution in [0.1, 0.15) is 20.1 Å². The van der Waals surface area contributed by atoms with Crippen molar-refractivity contribution in [2.75, 3.05) is 6.61 Å². The van der Waals surface area contributed by atoms with Crippen LogP contribution in [0.25, 0.3) is 0 Å². The van der Waals surface area contributed by atoms with E-state index in [1.54, 1.807) is 13.0 Å². The molecule has 1 aromatic rings. The Morgan fingerprint density at radius 1 is 1.50 bits per heavy atom. The monoisotopic (exact) mass is 243 g/mol. The third-order valence-corrected chi connectivity index (χ3v) is 3.04. The normalized spacial score (nSPS) is 12.2. The first kappa shape index (κ1) is 12.7. The van der Waals surface area contributed by atoms with Crippen LogP contribution >= 0.6 is 11.3 Å². The van der Waals surface area contributed by atoms with Crippen molar-refractivity contribution in [3.8, 4) is 0 Å². The fraction of sp³-hybridized carbons (Fsp3) is 0.400. The topological polar surface area (TPSA) is 86.6 Å². The number of aliphatic hydroxyl groups is 1. The van der Waals surface area contributed by atoms with E-state index in [4.69, 9.17) is 10.2 Å². The van der Waals surface area contributed by atoms with Crippen molar-refractivity contribution in [2.24, 2.45) is 0 Å². The number of aryl methyl sites for hydroxylation is 2. The summed E-state index contributed by atoms with van der Waals surface area (Å²) in [5.41, 5.74) is 0.460. The Kier molecular flexibility index (Phi) is 4.03. The second-order valence-corrected chi connectivity index (χ2v) is 4.83. The highest BCUT2D eigenvalue weighted by Gasteiger charge is 2.21. The molecule has 6 heteroatoms. The van der Waals surface area contributed by atoms with Gasteiger partial charge in [0, 0.05) is 9.75 Å². The standard InChI is InChI=1S/C10H13NO4S/c1-5-3-7(6(2)16-5)9(13)11-8(4-12)10(14)15/h3,8,12H,4H2,1-2H3,(H,11,13)(H,14,15). The number of rotatable bonds is 4. The van der Waals surface area contributed by atoms with E-state index in [1.165, 1.54) is 11.3 Å². The lowest BCUT2D eigenvalue weighted by Crippen LogP contribution is -2.43. The lowest BCUT2D eigenvalue weighted by molar-refractivity contribution is -0.140. The van der Waals surface area contributed by atoms with Gasteiger partial charge in [0.2, 0.25) is 0 Å². The van der Waals surface area contributed by atoms with E-state index in [-0.39, 0.29) is 0 Å². The molecule has 0 radical (unpaired) electrons. The molecule has 0 aliphatic rings. The maximum Gasteiger partial charge on any atom is 0.328 e. The smallest absolute Gasteiger partial charge is 0.328 e. The van der Waals surface area contributed by atoms with E-state index in [9.17, 15) is 9.59 Å². The highest BCUT2D eigenvalue weighted by atomic mass is 32.1. The molecule has 1 amide bonds. The molecule has 0 spiro atoms. The van der Waals surface area contributed by atoms with E-state index in [0.29, 0.717) is 5.56 Å². The minimum Gasteiger partial charge on any atom is -0.480 e. The molecule has 0 aliphatic heterocycles. The van der Waals surface area contributed by atoms with Crippen molar-refractivity contribution in [3.05, 3.63) is 21.4 Å². The number of hydrogen-bond acceptors (Lipinski definition) is 4. The van der Waals surface area contributed by atoms with Gasteiger partial charge in [0.1, 0.15) is 0 Å². The minimum absolute atomic E-state index is 0.460. The van der Waals surface area contributed by atoms with Crippen LogP contribution in [0, 0.1) is 13.8 Å². The molecular formula is C10H13NO4S. The lowest BCUT2D eigenvalue weighted by Gasteiger charge is -2.11. The van der Waals surface area contributed by atoms with Crippen molar-refractivity contribution in [1.29, 1.82) is 0 Å². The van der Waals surface area contributed by atoms with Gasteiger partial charge in [-0.2, -0.15) is 0 Å². The van der Waals surface area contributed by atoms with Gasteiger partial charge >= 0.3 is 5.97 Å². The van der Waals surface area contributed by atoms with Crippen LogP contribution in [0.4, 0.5) is 0 Å². The zero-order chi connectivity index (χ0) is 12.3. The Labute approximate surface area is 96.7 Å². The van der Waals surface area contributed by atoms with Crippen molar-refractivity contribution in [3.63, 3.8) is 0 Å². The molecule has 0 aromatic carbocycles. The quantitative estimate of drug-likeness (QED) is 0.720. The maximum atomic E-state index is 11.7. The summed E-state index contributed by atoms with van der Waals surface area (Å²) in [4.78, 5) is 24.1. The number of carbonyl (C=O) groups is 2. The van der Waals surface area contributed by atoms with Gasteiger partial charge in [-0.15, -0.1) is 11.3 Å². The molecule has 0 saturated carbocycles. The average molecular weight is 243 g/mol. The summed E-state index contributed by atoms with van der Waals surface area (Å²) < 4.78 is 0. The first-order valence-corrected chi connectivity index (χ1v) is 5.49. The molecule has 0 bridgehead atoms. The predicted octanol–water partition coefficient (Wildman–Crippen LogP) is 0.540. The van der Waals surface area contributed by atoms with Gasteiger partial charge in [-0.3, -0.25) is 4.79 Å². The van der Waals surface area contributed by atoms with Crippen LogP contribution in [0.15, 0.2) is 6.07 Å². The summed E-state index contributed by atoms with van der Waals surface area (Å²) in [6.45, 7) is 3.04. The molecule has 88 valence electrons. The molecule has 0 saturated heterocycles. The van der Waals surface area contributed by atoms with E-state index in [1.807, 2.05) is 6.92 Å². The molecular weight excluding hydrogens is 230 g/mol. The van der Waals surface area contributed by atoms with Gasteiger partial charge in [0.15, 0.2) is 6.04 Å². The summed E-state index contributed by atoms with van der Waals surface area (Å²) in [6, 6.07) is 0.443. The first-order chi connectivity index (χ1) is 7.45. The second-order valence-electron chi connectivity index (χ2n) is 3.37. The van der Waals surface area contributed by atoms with Crippen LogP contribution in [0.2, 0.25) is 0 Å². The third-order valence-electron chi connectivity index (χ3n) is 2.07. The number of carboxylic acid groups (broad SMARTS) is 1. The largest absolute Gasteiger partial charge is 0.480 e. The lowest BCUT2D eigenvalue weighted by atomic mass is 10.2. The number of hydrogen-bond donors (Lipinski definition) is 3. The fourth-order valence-electron chi connectivity index (χ4n) is 1.28. The molecule has 1 aromatic heterocycles. The van der Waals surface area contributed by atoms with Gasteiger partial charge < -0.3 is 15.5 Å². The summed E-state index contributed by atoms with van der Waals surface area (Å²) >= 11 is 1.47. The van der Waals surface area contributed by atoms with Crippen molar-refractivity contribution < 1.29 is 19.8 Å². The number of amides is 1. The van der Waals surface area contributed by atoms with Crippen LogP contribution in [-0.4, -0.2) is 34.7 Å². The number of carboxylic acids is 1. The fourth-order valence-corrected chi connectivity index (χ4v) is 2.20. The molecule has 0 aliphatic carbocycles.